The summed E-state index contributed by atoms with van der Waals surface area (Å²) in [5.41, 5.74) is 3.18. The molecule has 9 nitrogen and oxygen atoms in total. The number of piperazine rings is 1. The van der Waals surface area contributed by atoms with Crippen molar-refractivity contribution in [2.75, 3.05) is 57.4 Å². The highest BCUT2D eigenvalue weighted by atomic mass is 35.5. The summed E-state index contributed by atoms with van der Waals surface area (Å²) in [6, 6.07) is 12.7. The molecule has 3 aliphatic heterocycles. The van der Waals surface area contributed by atoms with Gasteiger partial charge < -0.3 is 14.4 Å². The number of rotatable bonds is 5. The molecule has 2 aliphatic carbocycles. The molecule has 54 heavy (non-hydrogen) atoms. The van der Waals surface area contributed by atoms with Crippen LogP contribution in [0.1, 0.15) is 108 Å². The van der Waals surface area contributed by atoms with Crippen LogP contribution >= 0.6 is 11.6 Å². The van der Waals surface area contributed by atoms with Crippen LogP contribution in [0.2, 0.25) is 5.02 Å². The van der Waals surface area contributed by atoms with E-state index in [4.69, 9.17) is 21.1 Å². The Hall–Kier alpha value is -2.37. The molecular formula is C43H63ClN4O5S. The van der Waals surface area contributed by atoms with Crippen molar-refractivity contribution in [3.05, 3.63) is 58.1 Å². The van der Waals surface area contributed by atoms with Crippen molar-refractivity contribution in [1.29, 1.82) is 0 Å². The Kier molecular flexibility index (Phi) is 11.7. The molecule has 298 valence electrons. The Morgan fingerprint density at radius 2 is 1.83 bits per heavy atom. The third kappa shape index (κ3) is 7.80. The van der Waals surface area contributed by atoms with Crippen molar-refractivity contribution in [2.45, 2.75) is 121 Å². The van der Waals surface area contributed by atoms with Gasteiger partial charge in [0.25, 0.3) is 5.91 Å². The van der Waals surface area contributed by atoms with Crippen LogP contribution in [0.5, 0.6) is 5.75 Å². The van der Waals surface area contributed by atoms with E-state index >= 15 is 0 Å². The van der Waals surface area contributed by atoms with Gasteiger partial charge in [0.1, 0.15) is 5.75 Å². The van der Waals surface area contributed by atoms with Crippen molar-refractivity contribution < 1.29 is 22.7 Å². The van der Waals surface area contributed by atoms with E-state index in [2.05, 4.69) is 59.2 Å². The van der Waals surface area contributed by atoms with Gasteiger partial charge in [-0.05, 0) is 139 Å². The lowest BCUT2D eigenvalue weighted by Crippen LogP contribution is -2.62. The number of benzene rings is 2. The standard InChI is InChI=1S/C43H63ClN4O5S/c1-7-53-43(27-46-20-21-48(29(2)3)31(5)24-46)19-8-10-30(4)32(6)54(50,51)45-41(49)34-13-17-40-39(23-34)47(25-35-12-15-38(35)43)26-42(28-52-40)18-9-11-33-22-36(44)14-16-37(33)42/h13-14,16-17,22-23,29-32,35,38H,7-12,15,18-21,24-28H2,1-6H3,(H,45,49)/t30-,31+,32+,35-,38+,42-,43-/m0/s1. The number of fused-ring (bicyclic) bond motifs is 4. The number of anilines is 1. The Morgan fingerprint density at radius 1 is 1.02 bits per heavy atom. The van der Waals surface area contributed by atoms with Gasteiger partial charge in [-0.3, -0.25) is 14.6 Å². The quantitative estimate of drug-likeness (QED) is 0.338. The fraction of sp³-hybridized carbons (Fsp3) is 0.698. The van der Waals surface area contributed by atoms with Crippen molar-refractivity contribution >= 4 is 33.2 Å². The number of amides is 1. The minimum absolute atomic E-state index is 0.130. The third-order valence-corrected chi connectivity index (χ3v) is 16.1. The van der Waals surface area contributed by atoms with Crippen LogP contribution in [0.4, 0.5) is 5.69 Å². The maximum absolute atomic E-state index is 13.7. The Bertz CT molecular complexity index is 1790. The zero-order valence-electron chi connectivity index (χ0n) is 33.4. The molecule has 7 rings (SSSR count). The molecule has 0 radical (unpaired) electrons. The van der Waals surface area contributed by atoms with E-state index in [1.807, 2.05) is 25.1 Å². The van der Waals surface area contributed by atoms with Gasteiger partial charge in [-0.1, -0.05) is 31.0 Å². The van der Waals surface area contributed by atoms with Crippen LogP contribution in [-0.2, 0) is 26.6 Å². The fourth-order valence-electron chi connectivity index (χ4n) is 10.8. The lowest BCUT2D eigenvalue weighted by molar-refractivity contribution is -0.151. The molecule has 1 saturated carbocycles. The molecule has 0 unspecified atom stereocenters. The maximum Gasteiger partial charge on any atom is 0.264 e. The summed E-state index contributed by atoms with van der Waals surface area (Å²) in [5.74, 6) is 0.760. The highest BCUT2D eigenvalue weighted by Crippen LogP contribution is 2.50. The number of ether oxygens (including phenoxy) is 2. The second-order valence-electron chi connectivity index (χ2n) is 17.7. The second-order valence-corrected chi connectivity index (χ2v) is 20.2. The van der Waals surface area contributed by atoms with Gasteiger partial charge in [0.05, 0.1) is 23.1 Å². The fourth-order valence-corrected chi connectivity index (χ4v) is 12.3. The first-order valence-electron chi connectivity index (χ1n) is 20.7. The smallest absolute Gasteiger partial charge is 0.264 e. The van der Waals surface area contributed by atoms with Gasteiger partial charge in [-0.2, -0.15) is 0 Å². The van der Waals surface area contributed by atoms with Gasteiger partial charge >= 0.3 is 0 Å². The highest BCUT2D eigenvalue weighted by molar-refractivity contribution is 7.90. The SMILES string of the molecule is CCO[C@]1(CN2CCN(C(C)C)[C@H](C)C2)CCC[C@H](C)[C@@H](C)S(=O)(=O)NC(=O)c2ccc3c(c2)N(C[C@@H]2CC[C@H]21)C[C@@]1(CCCc2cc(Cl)ccc21)CO3. The lowest BCUT2D eigenvalue weighted by atomic mass is 9.62. The summed E-state index contributed by atoms with van der Waals surface area (Å²) in [5, 5.41) is 0.0326. The minimum atomic E-state index is -3.92. The zero-order valence-corrected chi connectivity index (χ0v) is 35.0. The monoisotopic (exact) mass is 782 g/mol. The van der Waals surface area contributed by atoms with Gasteiger partial charge in [-0.25, -0.2) is 13.1 Å². The van der Waals surface area contributed by atoms with Crippen LogP contribution in [0.15, 0.2) is 36.4 Å². The number of carbonyl (C=O) groups excluding carboxylic acids is 1. The highest BCUT2D eigenvalue weighted by Gasteiger charge is 2.51. The van der Waals surface area contributed by atoms with E-state index in [0.717, 1.165) is 107 Å². The Labute approximate surface area is 329 Å². The molecule has 2 bridgehead atoms. The number of nitrogens with one attached hydrogen (secondary N) is 1. The van der Waals surface area contributed by atoms with Gasteiger partial charge in [0.15, 0.2) is 0 Å². The van der Waals surface area contributed by atoms with Crippen LogP contribution in [-0.4, -0.2) is 99.5 Å². The van der Waals surface area contributed by atoms with E-state index in [9.17, 15) is 13.2 Å². The molecule has 0 aromatic heterocycles. The summed E-state index contributed by atoms with van der Waals surface area (Å²) in [6.45, 7) is 19.5. The van der Waals surface area contributed by atoms with Crippen LogP contribution in [0.25, 0.3) is 0 Å². The predicted molar refractivity (Wildman–Crippen MR) is 217 cm³/mol. The summed E-state index contributed by atoms with van der Waals surface area (Å²) >= 11 is 6.53. The average molecular weight is 784 g/mol. The second kappa shape index (κ2) is 15.9. The topological polar surface area (TPSA) is 91.4 Å². The summed E-state index contributed by atoms with van der Waals surface area (Å²) in [4.78, 5) is 21.4. The normalized spacial score (nSPS) is 33.6. The van der Waals surface area contributed by atoms with E-state index in [1.54, 1.807) is 13.0 Å². The lowest BCUT2D eigenvalue weighted by Gasteiger charge is -2.54. The Balaban J connectivity index is 1.29. The summed E-state index contributed by atoms with van der Waals surface area (Å²) in [6.07, 6.45) is 7.75. The Morgan fingerprint density at radius 3 is 2.56 bits per heavy atom. The molecule has 11 heteroatoms. The first-order chi connectivity index (χ1) is 25.7. The van der Waals surface area contributed by atoms with Crippen molar-refractivity contribution in [3.63, 3.8) is 0 Å². The number of sulfonamides is 1. The van der Waals surface area contributed by atoms with E-state index in [1.165, 1.54) is 11.1 Å². The predicted octanol–water partition coefficient (Wildman–Crippen LogP) is 7.30. The zero-order chi connectivity index (χ0) is 38.4. The van der Waals surface area contributed by atoms with Gasteiger partial charge in [-0.15, -0.1) is 0 Å². The number of carbonyl (C=O) groups is 1. The van der Waals surface area contributed by atoms with Crippen molar-refractivity contribution in [3.8, 4) is 5.75 Å². The molecule has 3 heterocycles. The summed E-state index contributed by atoms with van der Waals surface area (Å²) < 4.78 is 43.7. The molecule has 2 fully saturated rings. The molecule has 1 amide bonds. The van der Waals surface area contributed by atoms with Gasteiger partial charge in [0.2, 0.25) is 10.0 Å². The average Bonchev–Trinajstić information content (AvgIpc) is 3.25. The number of hydrogen-bond acceptors (Lipinski definition) is 8. The van der Waals surface area contributed by atoms with E-state index < -0.39 is 21.2 Å². The molecule has 7 atom stereocenters. The van der Waals surface area contributed by atoms with Crippen LogP contribution in [0, 0.1) is 17.8 Å². The van der Waals surface area contributed by atoms with E-state index in [-0.39, 0.29) is 16.9 Å². The number of nitrogens with zero attached hydrogens (tertiary/aromatic N) is 3. The molecule has 2 aromatic carbocycles. The van der Waals surface area contributed by atoms with Crippen molar-refractivity contribution in [2.24, 2.45) is 17.8 Å². The first kappa shape index (κ1) is 39.8. The molecule has 5 aliphatic rings. The molecular weight excluding hydrogens is 720 g/mol. The molecule has 1 N–H and O–H groups in total. The third-order valence-electron chi connectivity index (χ3n) is 14.0. The minimum Gasteiger partial charge on any atom is -0.490 e. The number of halogens is 1. The van der Waals surface area contributed by atoms with Crippen molar-refractivity contribution in [1.82, 2.24) is 14.5 Å². The first-order valence-corrected chi connectivity index (χ1v) is 22.7. The molecule has 1 saturated heterocycles. The maximum atomic E-state index is 13.7. The molecule has 1 spiro atoms. The van der Waals surface area contributed by atoms with Crippen LogP contribution < -0.4 is 14.4 Å². The number of aryl methyl sites for hydroxylation is 1. The van der Waals surface area contributed by atoms with Gasteiger partial charge in [0, 0.05) is 74.0 Å². The van der Waals surface area contributed by atoms with Crippen LogP contribution in [0.3, 0.4) is 0 Å². The van der Waals surface area contributed by atoms with E-state index in [0.29, 0.717) is 42.7 Å². The summed E-state index contributed by atoms with van der Waals surface area (Å²) in [7, 11) is -3.92. The largest absolute Gasteiger partial charge is 0.490 e. The molecule has 2 aromatic rings. The number of hydrogen-bond donors (Lipinski definition) is 1.